The topological polar surface area (TPSA) is 110 Å². The number of halogens is 1. The van der Waals surface area contributed by atoms with Gasteiger partial charge in [0.1, 0.15) is 6.54 Å². The Morgan fingerprint density at radius 3 is 2.80 bits per heavy atom. The van der Waals surface area contributed by atoms with Crippen LogP contribution in [0.3, 0.4) is 0 Å². The van der Waals surface area contributed by atoms with Crippen LogP contribution in [0.25, 0.3) is 11.4 Å². The van der Waals surface area contributed by atoms with Gasteiger partial charge >= 0.3 is 5.97 Å². The van der Waals surface area contributed by atoms with E-state index in [9.17, 15) is 9.59 Å². The molecule has 0 saturated carbocycles. The molecule has 0 aliphatic carbocycles. The van der Waals surface area contributed by atoms with Crippen LogP contribution in [-0.4, -0.2) is 67.9 Å². The molecule has 10 heteroatoms. The molecule has 1 fully saturated rings. The lowest BCUT2D eigenvalue weighted by molar-refractivity contribution is -0.148. The van der Waals surface area contributed by atoms with E-state index in [1.54, 1.807) is 29.2 Å². The molecule has 9 nitrogen and oxygen atoms in total. The molecule has 1 atom stereocenters. The van der Waals surface area contributed by atoms with E-state index < -0.39 is 12.1 Å². The molecular weight excluding hydrogens is 350 g/mol. The smallest absolute Gasteiger partial charge is 0.306 e. The lowest BCUT2D eigenvalue weighted by atomic mass is 10.2. The normalized spacial score (nSPS) is 17.5. The van der Waals surface area contributed by atoms with Gasteiger partial charge < -0.3 is 14.7 Å². The summed E-state index contributed by atoms with van der Waals surface area (Å²) in [6.45, 7) is 0.891. The summed E-state index contributed by atoms with van der Waals surface area (Å²) in [5, 5.41) is 21.4. The number of nitrogens with zero attached hydrogens (tertiary/aromatic N) is 5. The van der Waals surface area contributed by atoms with Crippen LogP contribution in [0, 0.1) is 0 Å². The molecule has 1 saturated heterocycles. The number of ether oxygens (including phenoxy) is 1. The Hall–Kier alpha value is -2.52. The summed E-state index contributed by atoms with van der Waals surface area (Å²) in [6, 6.07) is 6.98. The highest BCUT2D eigenvalue weighted by Crippen LogP contribution is 2.17. The summed E-state index contributed by atoms with van der Waals surface area (Å²) in [6.07, 6.45) is -0.630. The Morgan fingerprint density at radius 2 is 2.08 bits per heavy atom. The Labute approximate surface area is 148 Å². The van der Waals surface area contributed by atoms with Crippen molar-refractivity contribution < 1.29 is 19.4 Å². The van der Waals surface area contributed by atoms with Crippen molar-refractivity contribution in [3.63, 3.8) is 0 Å². The largest absolute Gasteiger partial charge is 0.481 e. The second-order valence-corrected chi connectivity index (χ2v) is 6.02. The molecule has 1 amide bonds. The molecule has 1 aromatic heterocycles. The number of carbonyl (C=O) groups is 2. The zero-order chi connectivity index (χ0) is 17.8. The predicted molar refractivity (Wildman–Crippen MR) is 86.8 cm³/mol. The number of tetrazole rings is 1. The monoisotopic (exact) mass is 365 g/mol. The summed E-state index contributed by atoms with van der Waals surface area (Å²) in [7, 11) is 0. The summed E-state index contributed by atoms with van der Waals surface area (Å²) < 4.78 is 5.36. The Morgan fingerprint density at radius 1 is 1.32 bits per heavy atom. The van der Waals surface area contributed by atoms with E-state index >= 15 is 0 Å². The Balaban J connectivity index is 1.61. The standard InChI is InChI=1S/C15H16ClN5O4/c16-11-3-1-10(2-4-11)15-17-19-21(18-15)9-13(22)20-5-6-25-12(8-20)7-14(23)24/h1-4,12H,5-9H2,(H,23,24). The molecule has 25 heavy (non-hydrogen) atoms. The van der Waals surface area contributed by atoms with Gasteiger partial charge in [-0.3, -0.25) is 9.59 Å². The Kier molecular flexibility index (Phi) is 5.25. The van der Waals surface area contributed by atoms with Crippen molar-refractivity contribution in [1.82, 2.24) is 25.1 Å². The molecule has 132 valence electrons. The van der Waals surface area contributed by atoms with Crippen LogP contribution in [0.15, 0.2) is 24.3 Å². The second-order valence-electron chi connectivity index (χ2n) is 5.58. The van der Waals surface area contributed by atoms with E-state index in [-0.39, 0.29) is 25.4 Å². The summed E-state index contributed by atoms with van der Waals surface area (Å²) in [5.74, 6) is -0.765. The fraction of sp³-hybridized carbons (Fsp3) is 0.400. The van der Waals surface area contributed by atoms with Gasteiger partial charge in [0.2, 0.25) is 11.7 Å². The summed E-state index contributed by atoms with van der Waals surface area (Å²) in [4.78, 5) is 25.9. The number of aromatic nitrogens is 4. The molecule has 1 aliphatic rings. The molecule has 0 bridgehead atoms. The van der Waals surface area contributed by atoms with Crippen molar-refractivity contribution in [2.24, 2.45) is 0 Å². The van der Waals surface area contributed by atoms with E-state index in [1.165, 1.54) is 4.80 Å². The molecule has 0 radical (unpaired) electrons. The third kappa shape index (κ3) is 4.52. The number of hydrogen-bond donors (Lipinski definition) is 1. The van der Waals surface area contributed by atoms with Gasteiger partial charge in [0.25, 0.3) is 0 Å². The highest BCUT2D eigenvalue weighted by atomic mass is 35.5. The first-order valence-corrected chi connectivity index (χ1v) is 8.04. The maximum absolute atomic E-state index is 12.4. The molecule has 2 heterocycles. The second kappa shape index (κ2) is 7.58. The number of benzene rings is 1. The molecule has 1 N–H and O–H groups in total. The molecule has 3 rings (SSSR count). The van der Waals surface area contributed by atoms with Gasteiger partial charge in [-0.25, -0.2) is 0 Å². The van der Waals surface area contributed by atoms with Gasteiger partial charge in [-0.15, -0.1) is 10.2 Å². The van der Waals surface area contributed by atoms with Gasteiger partial charge in [-0.1, -0.05) is 11.6 Å². The van der Waals surface area contributed by atoms with Gasteiger partial charge in [0, 0.05) is 23.7 Å². The fourth-order valence-electron chi connectivity index (χ4n) is 2.51. The first kappa shape index (κ1) is 17.3. The minimum atomic E-state index is -0.954. The quantitative estimate of drug-likeness (QED) is 0.830. The van der Waals surface area contributed by atoms with Crippen LogP contribution in [0.2, 0.25) is 5.02 Å². The van der Waals surface area contributed by atoms with Gasteiger partial charge in [-0.05, 0) is 29.5 Å². The fourth-order valence-corrected chi connectivity index (χ4v) is 2.64. The van der Waals surface area contributed by atoms with Crippen LogP contribution < -0.4 is 0 Å². The Bertz CT molecular complexity index is 764. The molecule has 2 aromatic rings. The van der Waals surface area contributed by atoms with E-state index in [0.717, 1.165) is 5.56 Å². The average Bonchev–Trinajstić information content (AvgIpc) is 3.03. The third-order valence-corrected chi connectivity index (χ3v) is 3.98. The van der Waals surface area contributed by atoms with Gasteiger partial charge in [-0.2, -0.15) is 4.80 Å². The van der Waals surface area contributed by atoms with Crippen LogP contribution >= 0.6 is 11.6 Å². The number of carboxylic acid groups (broad SMARTS) is 1. The number of morpholine rings is 1. The molecule has 1 aromatic carbocycles. The van der Waals surface area contributed by atoms with E-state index in [2.05, 4.69) is 15.4 Å². The van der Waals surface area contributed by atoms with Crippen LogP contribution in [0.5, 0.6) is 0 Å². The van der Waals surface area contributed by atoms with Crippen molar-refractivity contribution in [2.75, 3.05) is 19.7 Å². The number of aliphatic carboxylic acids is 1. The first-order chi connectivity index (χ1) is 12.0. The lowest BCUT2D eigenvalue weighted by Crippen LogP contribution is -2.47. The van der Waals surface area contributed by atoms with Gasteiger partial charge in [0.05, 0.1) is 19.1 Å². The summed E-state index contributed by atoms with van der Waals surface area (Å²) >= 11 is 5.84. The van der Waals surface area contributed by atoms with Crippen molar-refractivity contribution >= 4 is 23.5 Å². The number of rotatable bonds is 5. The van der Waals surface area contributed by atoms with E-state index in [1.807, 2.05) is 0 Å². The number of carboxylic acids is 1. The number of amides is 1. The van der Waals surface area contributed by atoms with E-state index in [0.29, 0.717) is 24.0 Å². The minimum absolute atomic E-state index is 0.0691. The zero-order valence-corrected chi connectivity index (χ0v) is 14.0. The highest BCUT2D eigenvalue weighted by Gasteiger charge is 2.26. The van der Waals surface area contributed by atoms with Crippen LogP contribution in [-0.2, 0) is 20.9 Å². The molecular formula is C15H16ClN5O4. The van der Waals surface area contributed by atoms with E-state index in [4.69, 9.17) is 21.4 Å². The number of carbonyl (C=O) groups excluding carboxylic acids is 1. The van der Waals surface area contributed by atoms with Crippen LogP contribution in [0.4, 0.5) is 0 Å². The molecule has 1 unspecified atom stereocenters. The van der Waals surface area contributed by atoms with Crippen molar-refractivity contribution in [2.45, 2.75) is 19.1 Å². The highest BCUT2D eigenvalue weighted by molar-refractivity contribution is 6.30. The minimum Gasteiger partial charge on any atom is -0.481 e. The lowest BCUT2D eigenvalue weighted by Gasteiger charge is -2.32. The molecule has 1 aliphatic heterocycles. The SMILES string of the molecule is O=C(O)CC1CN(C(=O)Cn2nnc(-c3ccc(Cl)cc3)n2)CCO1. The maximum Gasteiger partial charge on any atom is 0.306 e. The van der Waals surface area contributed by atoms with Crippen molar-refractivity contribution in [3.8, 4) is 11.4 Å². The first-order valence-electron chi connectivity index (χ1n) is 7.66. The third-order valence-electron chi connectivity index (χ3n) is 3.73. The number of hydrogen-bond acceptors (Lipinski definition) is 6. The van der Waals surface area contributed by atoms with Crippen LogP contribution in [0.1, 0.15) is 6.42 Å². The summed E-state index contributed by atoms with van der Waals surface area (Å²) in [5.41, 5.74) is 0.746. The van der Waals surface area contributed by atoms with Crippen molar-refractivity contribution in [1.29, 1.82) is 0 Å². The van der Waals surface area contributed by atoms with Gasteiger partial charge in [0.15, 0.2) is 0 Å². The van der Waals surface area contributed by atoms with Crippen molar-refractivity contribution in [3.05, 3.63) is 29.3 Å². The average molecular weight is 366 g/mol. The maximum atomic E-state index is 12.4. The predicted octanol–water partition coefficient (Wildman–Crippen LogP) is 0.696. The molecule has 0 spiro atoms. The zero-order valence-electron chi connectivity index (χ0n) is 13.2.